The van der Waals surface area contributed by atoms with Crippen LogP contribution in [0.2, 0.25) is 5.02 Å². The van der Waals surface area contributed by atoms with Gasteiger partial charge in [0.05, 0.1) is 5.02 Å². The van der Waals surface area contributed by atoms with Gasteiger partial charge in [0.25, 0.3) is 0 Å². The Hall–Kier alpha value is -1.49. The monoisotopic (exact) mass is 334 g/mol. The molecule has 23 heavy (non-hydrogen) atoms. The lowest BCUT2D eigenvalue weighted by atomic mass is 10.2. The lowest BCUT2D eigenvalue weighted by Gasteiger charge is -2.25. The number of hydrogen-bond donors (Lipinski definition) is 1. The highest BCUT2D eigenvalue weighted by atomic mass is 35.5. The molecule has 3 fully saturated rings. The number of halogens is 1. The maximum Gasteiger partial charge on any atom is 0.317 e. The van der Waals surface area contributed by atoms with Gasteiger partial charge in [-0.05, 0) is 50.2 Å². The molecule has 4 rings (SSSR count). The van der Waals surface area contributed by atoms with E-state index in [9.17, 15) is 4.79 Å². The molecule has 0 aromatic carbocycles. The Kier molecular flexibility index (Phi) is 4.05. The number of rotatable bonds is 5. The summed E-state index contributed by atoms with van der Waals surface area (Å²) in [5, 5.41) is 3.90. The quantitative estimate of drug-likeness (QED) is 0.900. The molecule has 0 radical (unpaired) electrons. The van der Waals surface area contributed by atoms with E-state index < -0.39 is 0 Å². The fourth-order valence-electron chi connectivity index (χ4n) is 3.30. The van der Waals surface area contributed by atoms with Crippen molar-refractivity contribution in [3.05, 3.63) is 23.4 Å². The maximum atomic E-state index is 12.6. The number of aromatic nitrogens is 1. The van der Waals surface area contributed by atoms with Crippen LogP contribution in [0.3, 0.4) is 0 Å². The highest BCUT2D eigenvalue weighted by Crippen LogP contribution is 2.35. The Bertz CT molecular complexity index is 588. The summed E-state index contributed by atoms with van der Waals surface area (Å²) < 4.78 is 0. The van der Waals surface area contributed by atoms with Crippen LogP contribution in [-0.4, -0.2) is 47.6 Å². The average Bonchev–Trinajstić information content (AvgIpc) is 3.45. The number of hydrogen-bond acceptors (Lipinski definition) is 3. The summed E-state index contributed by atoms with van der Waals surface area (Å²) in [5.41, 5.74) is 0. The predicted molar refractivity (Wildman–Crippen MR) is 90.8 cm³/mol. The van der Waals surface area contributed by atoms with E-state index in [1.165, 1.54) is 25.7 Å². The van der Waals surface area contributed by atoms with Crippen LogP contribution < -0.4 is 10.2 Å². The van der Waals surface area contributed by atoms with Gasteiger partial charge >= 0.3 is 6.03 Å². The van der Waals surface area contributed by atoms with E-state index in [-0.39, 0.29) is 12.1 Å². The smallest absolute Gasteiger partial charge is 0.317 e. The molecule has 0 unspecified atom stereocenters. The van der Waals surface area contributed by atoms with Crippen LogP contribution in [0.15, 0.2) is 18.3 Å². The molecule has 0 bridgehead atoms. The van der Waals surface area contributed by atoms with Gasteiger partial charge in [-0.2, -0.15) is 0 Å². The van der Waals surface area contributed by atoms with E-state index in [2.05, 4.69) is 20.1 Å². The summed E-state index contributed by atoms with van der Waals surface area (Å²) >= 11 is 6.22. The standard InChI is InChI=1S/C17H23ClN4O/c18-15-2-1-8-19-16(15)21-9-7-13(11-21)20-17(23)22(14-5-6-14)10-12-3-4-12/h1-2,8,12-14H,3-7,9-11H2,(H,20,23)/t13-/m0/s1. The van der Waals surface area contributed by atoms with E-state index in [0.29, 0.717) is 11.1 Å². The van der Waals surface area contributed by atoms with Crippen molar-refractivity contribution in [3.63, 3.8) is 0 Å². The molecule has 1 saturated heterocycles. The van der Waals surface area contributed by atoms with Crippen molar-refractivity contribution in [1.29, 1.82) is 0 Å². The third-order valence-electron chi connectivity index (χ3n) is 4.95. The third kappa shape index (κ3) is 3.55. The number of nitrogens with one attached hydrogen (secondary N) is 1. The van der Waals surface area contributed by atoms with E-state index in [1.807, 2.05) is 12.1 Å². The zero-order valence-corrected chi connectivity index (χ0v) is 14.0. The van der Waals surface area contributed by atoms with Crippen molar-refractivity contribution < 1.29 is 4.79 Å². The van der Waals surface area contributed by atoms with Crippen molar-refractivity contribution in [2.75, 3.05) is 24.5 Å². The van der Waals surface area contributed by atoms with Gasteiger partial charge in [0, 0.05) is 37.9 Å². The molecule has 2 amide bonds. The van der Waals surface area contributed by atoms with E-state index in [4.69, 9.17) is 11.6 Å². The highest BCUT2D eigenvalue weighted by Gasteiger charge is 2.37. The minimum atomic E-state index is 0.123. The first-order valence-corrected chi connectivity index (χ1v) is 9.01. The lowest BCUT2D eigenvalue weighted by molar-refractivity contribution is 0.189. The molecule has 0 spiro atoms. The number of nitrogens with zero attached hydrogens (tertiary/aromatic N) is 3. The summed E-state index contributed by atoms with van der Waals surface area (Å²) in [4.78, 5) is 21.2. The van der Waals surface area contributed by atoms with Crippen LogP contribution in [0.1, 0.15) is 32.1 Å². The zero-order valence-electron chi connectivity index (χ0n) is 13.2. The van der Waals surface area contributed by atoms with Crippen LogP contribution in [0, 0.1) is 5.92 Å². The topological polar surface area (TPSA) is 48.5 Å². The SMILES string of the molecule is O=C(N[C@H]1CCN(c2ncccc2Cl)C1)N(CC1CC1)C1CC1. The molecule has 1 aromatic rings. The highest BCUT2D eigenvalue weighted by molar-refractivity contribution is 6.32. The minimum Gasteiger partial charge on any atom is -0.353 e. The third-order valence-corrected chi connectivity index (χ3v) is 5.25. The maximum absolute atomic E-state index is 12.6. The lowest BCUT2D eigenvalue weighted by Crippen LogP contribution is -2.47. The van der Waals surface area contributed by atoms with Crippen molar-refractivity contribution in [2.24, 2.45) is 5.92 Å². The molecule has 1 N–H and O–H groups in total. The first-order chi connectivity index (χ1) is 11.2. The molecule has 2 saturated carbocycles. The zero-order chi connectivity index (χ0) is 15.8. The van der Waals surface area contributed by atoms with Crippen LogP contribution in [0.4, 0.5) is 10.6 Å². The Morgan fingerprint density at radius 3 is 2.87 bits per heavy atom. The summed E-state index contributed by atoms with van der Waals surface area (Å²) in [6.45, 7) is 2.61. The molecule has 3 aliphatic rings. The fraction of sp³-hybridized carbons (Fsp3) is 0.647. The van der Waals surface area contributed by atoms with Gasteiger partial charge in [0.2, 0.25) is 0 Å². The molecule has 2 heterocycles. The van der Waals surface area contributed by atoms with Gasteiger partial charge < -0.3 is 15.1 Å². The van der Waals surface area contributed by atoms with Gasteiger partial charge in [0.15, 0.2) is 0 Å². The van der Waals surface area contributed by atoms with Gasteiger partial charge in [-0.1, -0.05) is 11.6 Å². The van der Waals surface area contributed by atoms with Gasteiger partial charge in [0.1, 0.15) is 5.82 Å². The average molecular weight is 335 g/mol. The second-order valence-electron chi connectivity index (χ2n) is 7.02. The number of pyridine rings is 1. The molecular formula is C17H23ClN4O. The normalized spacial score (nSPS) is 23.9. The summed E-state index contributed by atoms with van der Waals surface area (Å²) in [6, 6.07) is 4.49. The number of carbonyl (C=O) groups excluding carboxylic acids is 1. The molecular weight excluding hydrogens is 312 g/mol. The van der Waals surface area contributed by atoms with Crippen LogP contribution in [-0.2, 0) is 0 Å². The van der Waals surface area contributed by atoms with E-state index in [1.54, 1.807) is 6.20 Å². The molecule has 2 aliphatic carbocycles. The molecule has 5 nitrogen and oxygen atoms in total. The van der Waals surface area contributed by atoms with Crippen molar-refractivity contribution >= 4 is 23.4 Å². The van der Waals surface area contributed by atoms with E-state index in [0.717, 1.165) is 37.8 Å². The second kappa shape index (κ2) is 6.19. The van der Waals surface area contributed by atoms with Crippen LogP contribution >= 0.6 is 11.6 Å². The van der Waals surface area contributed by atoms with Crippen molar-refractivity contribution in [3.8, 4) is 0 Å². The van der Waals surface area contributed by atoms with E-state index >= 15 is 0 Å². The summed E-state index contributed by atoms with van der Waals surface area (Å²) in [7, 11) is 0. The molecule has 1 aromatic heterocycles. The number of amides is 2. The Balaban J connectivity index is 1.34. The number of carbonyl (C=O) groups is 1. The molecule has 6 heteroatoms. The number of urea groups is 1. The first-order valence-electron chi connectivity index (χ1n) is 8.63. The second-order valence-corrected chi connectivity index (χ2v) is 7.42. The van der Waals surface area contributed by atoms with Crippen molar-refractivity contribution in [1.82, 2.24) is 15.2 Å². The Morgan fingerprint density at radius 1 is 1.35 bits per heavy atom. The number of anilines is 1. The molecule has 1 aliphatic heterocycles. The Labute approximate surface area is 142 Å². The summed E-state index contributed by atoms with van der Waals surface area (Å²) in [6.07, 6.45) is 7.61. The van der Waals surface area contributed by atoms with Crippen LogP contribution in [0.25, 0.3) is 0 Å². The van der Waals surface area contributed by atoms with Crippen molar-refractivity contribution in [2.45, 2.75) is 44.2 Å². The predicted octanol–water partition coefficient (Wildman–Crippen LogP) is 2.90. The van der Waals surface area contributed by atoms with Crippen LogP contribution in [0.5, 0.6) is 0 Å². The fourth-order valence-corrected chi connectivity index (χ4v) is 3.54. The summed E-state index contributed by atoms with van der Waals surface area (Å²) in [5.74, 6) is 1.57. The van der Waals surface area contributed by atoms with Gasteiger partial charge in [-0.3, -0.25) is 0 Å². The first kappa shape index (κ1) is 15.1. The largest absolute Gasteiger partial charge is 0.353 e. The van der Waals surface area contributed by atoms with Gasteiger partial charge in [-0.25, -0.2) is 9.78 Å². The molecule has 124 valence electrons. The molecule has 1 atom stereocenters. The van der Waals surface area contributed by atoms with Gasteiger partial charge in [-0.15, -0.1) is 0 Å². The minimum absolute atomic E-state index is 0.123. The Morgan fingerprint density at radius 2 is 2.17 bits per heavy atom.